The summed E-state index contributed by atoms with van der Waals surface area (Å²) in [4.78, 5) is 15.7. The Morgan fingerprint density at radius 3 is 2.88 bits per heavy atom. The van der Waals surface area contributed by atoms with Crippen LogP contribution < -0.4 is 5.32 Å². The minimum atomic E-state index is -0.361. The van der Waals surface area contributed by atoms with E-state index in [9.17, 15) is 4.79 Å². The summed E-state index contributed by atoms with van der Waals surface area (Å²) in [6, 6.07) is 9.98. The van der Waals surface area contributed by atoms with Crippen LogP contribution in [-0.4, -0.2) is 10.9 Å². The standard InChI is InChI=1S/C11H6ClN3OS/c12-9-4-5-10(17-9)15-11(16)8-3-1-2-7(6-13)14-8/h1-5H,(H,15,16). The van der Waals surface area contributed by atoms with Gasteiger partial charge in [-0.3, -0.25) is 4.79 Å². The Bertz CT molecular complexity index is 603. The SMILES string of the molecule is N#Cc1cccc(C(=O)Nc2ccc(Cl)s2)n1. The van der Waals surface area contributed by atoms with Gasteiger partial charge in [0.2, 0.25) is 0 Å². The highest BCUT2D eigenvalue weighted by Gasteiger charge is 2.09. The summed E-state index contributed by atoms with van der Waals surface area (Å²) in [7, 11) is 0. The van der Waals surface area contributed by atoms with E-state index in [1.807, 2.05) is 6.07 Å². The van der Waals surface area contributed by atoms with Gasteiger partial charge in [-0.1, -0.05) is 17.7 Å². The first-order valence-corrected chi connectivity index (χ1v) is 5.82. The largest absolute Gasteiger partial charge is 0.312 e. The van der Waals surface area contributed by atoms with Gasteiger partial charge in [0.25, 0.3) is 5.91 Å². The zero-order valence-electron chi connectivity index (χ0n) is 8.48. The number of carbonyl (C=O) groups is 1. The molecule has 2 heterocycles. The van der Waals surface area contributed by atoms with Gasteiger partial charge in [-0.05, 0) is 24.3 Å². The third-order valence-corrected chi connectivity index (χ3v) is 3.05. The van der Waals surface area contributed by atoms with E-state index < -0.39 is 0 Å². The Labute approximate surface area is 106 Å². The molecule has 2 aromatic rings. The average Bonchev–Trinajstić information content (AvgIpc) is 2.75. The van der Waals surface area contributed by atoms with Gasteiger partial charge in [0, 0.05) is 0 Å². The first-order valence-electron chi connectivity index (χ1n) is 4.63. The molecule has 0 aliphatic rings. The lowest BCUT2D eigenvalue weighted by molar-refractivity contribution is 0.102. The molecule has 1 amide bonds. The summed E-state index contributed by atoms with van der Waals surface area (Å²) in [6.45, 7) is 0. The lowest BCUT2D eigenvalue weighted by Gasteiger charge is -2.01. The van der Waals surface area contributed by atoms with Crippen LogP contribution in [0.15, 0.2) is 30.3 Å². The molecule has 2 rings (SSSR count). The molecule has 17 heavy (non-hydrogen) atoms. The Hall–Kier alpha value is -1.90. The fourth-order valence-corrected chi connectivity index (χ4v) is 2.12. The molecule has 0 fully saturated rings. The van der Waals surface area contributed by atoms with Crippen LogP contribution in [0.2, 0.25) is 4.34 Å². The van der Waals surface area contributed by atoms with Crippen LogP contribution in [0.3, 0.4) is 0 Å². The van der Waals surface area contributed by atoms with E-state index in [2.05, 4.69) is 10.3 Å². The highest BCUT2D eigenvalue weighted by atomic mass is 35.5. The van der Waals surface area contributed by atoms with Gasteiger partial charge in [0.15, 0.2) is 0 Å². The topological polar surface area (TPSA) is 65.8 Å². The molecule has 0 radical (unpaired) electrons. The molecule has 2 aromatic heterocycles. The van der Waals surface area contributed by atoms with Crippen molar-refractivity contribution >= 4 is 33.8 Å². The van der Waals surface area contributed by atoms with Crippen molar-refractivity contribution in [3.05, 3.63) is 46.1 Å². The number of aromatic nitrogens is 1. The molecule has 0 aliphatic carbocycles. The highest BCUT2D eigenvalue weighted by Crippen LogP contribution is 2.26. The Kier molecular flexibility index (Phi) is 3.38. The fourth-order valence-electron chi connectivity index (χ4n) is 1.18. The predicted octanol–water partition coefficient (Wildman–Crippen LogP) is 2.92. The fraction of sp³-hybridized carbons (Fsp3) is 0. The highest BCUT2D eigenvalue weighted by molar-refractivity contribution is 7.20. The molecule has 0 unspecified atom stereocenters. The summed E-state index contributed by atoms with van der Waals surface area (Å²) in [5.41, 5.74) is 0.412. The predicted molar refractivity (Wildman–Crippen MR) is 66.2 cm³/mol. The molecule has 0 saturated heterocycles. The van der Waals surface area contributed by atoms with Crippen LogP contribution in [0.5, 0.6) is 0 Å². The molecule has 0 bridgehead atoms. The van der Waals surface area contributed by atoms with Crippen molar-refractivity contribution in [1.29, 1.82) is 5.26 Å². The van der Waals surface area contributed by atoms with Crippen molar-refractivity contribution in [1.82, 2.24) is 4.98 Å². The molecule has 0 aliphatic heterocycles. The normalized spacial score (nSPS) is 9.65. The Morgan fingerprint density at radius 2 is 2.24 bits per heavy atom. The van der Waals surface area contributed by atoms with Crippen LogP contribution in [-0.2, 0) is 0 Å². The Balaban J connectivity index is 2.17. The van der Waals surface area contributed by atoms with Gasteiger partial charge < -0.3 is 5.32 Å². The molecule has 1 N–H and O–H groups in total. The van der Waals surface area contributed by atoms with Gasteiger partial charge in [0.05, 0.1) is 9.34 Å². The maximum Gasteiger partial charge on any atom is 0.274 e. The zero-order chi connectivity index (χ0) is 12.3. The maximum absolute atomic E-state index is 11.8. The second kappa shape index (κ2) is 4.95. The van der Waals surface area contributed by atoms with Crippen LogP contribution in [0.25, 0.3) is 0 Å². The average molecular weight is 264 g/mol. The van der Waals surface area contributed by atoms with Gasteiger partial charge >= 0.3 is 0 Å². The van der Waals surface area contributed by atoms with E-state index in [0.29, 0.717) is 9.34 Å². The van der Waals surface area contributed by atoms with Crippen LogP contribution in [0.4, 0.5) is 5.00 Å². The number of carbonyl (C=O) groups excluding carboxylic acids is 1. The number of nitrogens with one attached hydrogen (secondary N) is 1. The lowest BCUT2D eigenvalue weighted by atomic mass is 10.3. The number of amides is 1. The molecule has 84 valence electrons. The first-order chi connectivity index (χ1) is 8.19. The number of halogens is 1. The molecule has 0 aromatic carbocycles. The summed E-state index contributed by atoms with van der Waals surface area (Å²) >= 11 is 7.01. The molecular weight excluding hydrogens is 258 g/mol. The van der Waals surface area contributed by atoms with Gasteiger partial charge in [-0.25, -0.2) is 4.98 Å². The molecular formula is C11H6ClN3OS. The first kappa shape index (κ1) is 11.6. The van der Waals surface area contributed by atoms with Crippen molar-refractivity contribution in [3.8, 4) is 6.07 Å². The number of hydrogen-bond donors (Lipinski definition) is 1. The smallest absolute Gasteiger partial charge is 0.274 e. The van der Waals surface area contributed by atoms with Crippen molar-refractivity contribution < 1.29 is 4.79 Å². The maximum atomic E-state index is 11.8. The molecule has 4 nitrogen and oxygen atoms in total. The molecule has 0 atom stereocenters. The third kappa shape index (κ3) is 2.81. The minimum absolute atomic E-state index is 0.202. The van der Waals surface area contributed by atoms with Gasteiger partial charge in [0.1, 0.15) is 17.5 Å². The molecule has 0 saturated carbocycles. The van der Waals surface area contributed by atoms with Crippen molar-refractivity contribution in [2.45, 2.75) is 0 Å². The van der Waals surface area contributed by atoms with Crippen molar-refractivity contribution in [3.63, 3.8) is 0 Å². The summed E-state index contributed by atoms with van der Waals surface area (Å²) in [5.74, 6) is -0.361. The van der Waals surface area contributed by atoms with E-state index in [1.165, 1.54) is 11.3 Å². The summed E-state index contributed by atoms with van der Waals surface area (Å²) in [6.07, 6.45) is 0. The van der Waals surface area contributed by atoms with E-state index >= 15 is 0 Å². The van der Waals surface area contributed by atoms with E-state index in [4.69, 9.17) is 16.9 Å². The van der Waals surface area contributed by atoms with Gasteiger partial charge in [-0.15, -0.1) is 11.3 Å². The number of thiophene rings is 1. The zero-order valence-corrected chi connectivity index (χ0v) is 10.0. The second-order valence-electron chi connectivity index (χ2n) is 3.08. The van der Waals surface area contributed by atoms with Crippen molar-refractivity contribution in [2.75, 3.05) is 5.32 Å². The number of rotatable bonds is 2. The number of nitriles is 1. The Morgan fingerprint density at radius 1 is 1.41 bits per heavy atom. The summed E-state index contributed by atoms with van der Waals surface area (Å²) < 4.78 is 0.596. The van der Waals surface area contributed by atoms with Crippen LogP contribution in [0.1, 0.15) is 16.2 Å². The van der Waals surface area contributed by atoms with E-state index in [1.54, 1.807) is 30.3 Å². The van der Waals surface area contributed by atoms with E-state index in [0.717, 1.165) is 0 Å². The number of nitrogens with zero attached hydrogens (tertiary/aromatic N) is 2. The van der Waals surface area contributed by atoms with Crippen LogP contribution >= 0.6 is 22.9 Å². The monoisotopic (exact) mass is 263 g/mol. The lowest BCUT2D eigenvalue weighted by Crippen LogP contribution is -2.13. The third-order valence-electron chi connectivity index (χ3n) is 1.91. The van der Waals surface area contributed by atoms with Crippen molar-refractivity contribution in [2.24, 2.45) is 0 Å². The minimum Gasteiger partial charge on any atom is -0.312 e. The number of hydrogen-bond acceptors (Lipinski definition) is 4. The second-order valence-corrected chi connectivity index (χ2v) is 4.79. The quantitative estimate of drug-likeness (QED) is 0.906. The number of anilines is 1. The number of pyridine rings is 1. The van der Waals surface area contributed by atoms with Gasteiger partial charge in [-0.2, -0.15) is 5.26 Å². The van der Waals surface area contributed by atoms with E-state index in [-0.39, 0.29) is 17.3 Å². The molecule has 0 spiro atoms. The molecule has 6 heteroatoms. The summed E-state index contributed by atoms with van der Waals surface area (Å²) in [5, 5.41) is 12.0. The van der Waals surface area contributed by atoms with Crippen LogP contribution in [0, 0.1) is 11.3 Å².